The predicted molar refractivity (Wildman–Crippen MR) is 76.1 cm³/mol. The SMILES string of the molecule is CC(C)c1ccoc1C(=O)N1CCC2(CC1)CC2C(=O)O. The van der Waals surface area contributed by atoms with E-state index in [-0.39, 0.29) is 23.2 Å². The average Bonchev–Trinajstić information content (AvgIpc) is 2.94. The van der Waals surface area contributed by atoms with Crippen LogP contribution >= 0.6 is 0 Å². The number of piperidine rings is 1. The van der Waals surface area contributed by atoms with Crippen LogP contribution in [0, 0.1) is 11.3 Å². The first-order valence-electron chi connectivity index (χ1n) is 7.54. The summed E-state index contributed by atoms with van der Waals surface area (Å²) < 4.78 is 5.38. The van der Waals surface area contributed by atoms with Crippen molar-refractivity contribution in [2.24, 2.45) is 11.3 Å². The fourth-order valence-corrected chi connectivity index (χ4v) is 3.50. The van der Waals surface area contributed by atoms with Gasteiger partial charge in [-0.15, -0.1) is 0 Å². The highest BCUT2D eigenvalue weighted by Crippen LogP contribution is 2.59. The van der Waals surface area contributed by atoms with Crippen molar-refractivity contribution in [1.82, 2.24) is 4.90 Å². The molecule has 0 radical (unpaired) electrons. The molecule has 0 aromatic carbocycles. The van der Waals surface area contributed by atoms with Crippen molar-refractivity contribution in [1.29, 1.82) is 0 Å². The molecular weight excluding hydrogens is 270 g/mol. The summed E-state index contributed by atoms with van der Waals surface area (Å²) in [6.45, 7) is 5.32. The summed E-state index contributed by atoms with van der Waals surface area (Å²) in [7, 11) is 0. The molecule has 1 saturated heterocycles. The van der Waals surface area contributed by atoms with Gasteiger partial charge in [-0.1, -0.05) is 13.8 Å². The van der Waals surface area contributed by atoms with Crippen molar-refractivity contribution < 1.29 is 19.1 Å². The minimum absolute atomic E-state index is 0.0490. The third-order valence-corrected chi connectivity index (χ3v) is 5.05. The van der Waals surface area contributed by atoms with Gasteiger partial charge >= 0.3 is 5.97 Å². The summed E-state index contributed by atoms with van der Waals surface area (Å²) in [5.41, 5.74) is 0.891. The molecule has 5 nitrogen and oxygen atoms in total. The van der Waals surface area contributed by atoms with Gasteiger partial charge in [-0.3, -0.25) is 9.59 Å². The Hall–Kier alpha value is -1.78. The van der Waals surface area contributed by atoms with Crippen molar-refractivity contribution in [3.05, 3.63) is 23.7 Å². The molecule has 1 atom stereocenters. The number of hydrogen-bond acceptors (Lipinski definition) is 3. The number of aliphatic carboxylic acids is 1. The number of hydrogen-bond donors (Lipinski definition) is 1. The molecule has 2 aliphatic rings. The highest BCUT2D eigenvalue weighted by Gasteiger charge is 2.59. The number of carboxylic acids is 1. The zero-order valence-electron chi connectivity index (χ0n) is 12.5. The van der Waals surface area contributed by atoms with E-state index in [1.54, 1.807) is 11.2 Å². The maximum absolute atomic E-state index is 12.5. The molecule has 1 amide bonds. The summed E-state index contributed by atoms with van der Waals surface area (Å²) in [4.78, 5) is 25.4. The number of likely N-dealkylation sites (tertiary alicyclic amines) is 1. The van der Waals surface area contributed by atoms with Crippen LogP contribution in [0.25, 0.3) is 0 Å². The highest BCUT2D eigenvalue weighted by molar-refractivity contribution is 5.93. The van der Waals surface area contributed by atoms with Crippen LogP contribution in [0.4, 0.5) is 0 Å². The zero-order valence-corrected chi connectivity index (χ0v) is 12.5. The Kier molecular flexibility index (Phi) is 3.30. The van der Waals surface area contributed by atoms with E-state index in [1.807, 2.05) is 19.9 Å². The molecule has 3 rings (SSSR count). The fourth-order valence-electron chi connectivity index (χ4n) is 3.50. The van der Waals surface area contributed by atoms with Crippen molar-refractivity contribution in [2.75, 3.05) is 13.1 Å². The highest BCUT2D eigenvalue weighted by atomic mass is 16.4. The Balaban J connectivity index is 1.66. The Morgan fingerprint density at radius 1 is 1.38 bits per heavy atom. The van der Waals surface area contributed by atoms with E-state index in [1.165, 1.54) is 0 Å². The van der Waals surface area contributed by atoms with Crippen LogP contribution in [-0.4, -0.2) is 35.0 Å². The molecule has 1 aromatic rings. The molecule has 2 heterocycles. The van der Waals surface area contributed by atoms with Crippen LogP contribution in [0.5, 0.6) is 0 Å². The predicted octanol–water partition coefficient (Wildman–Crippen LogP) is 2.73. The Labute approximate surface area is 123 Å². The minimum Gasteiger partial charge on any atom is -0.481 e. The first-order chi connectivity index (χ1) is 9.94. The number of amides is 1. The monoisotopic (exact) mass is 291 g/mol. The van der Waals surface area contributed by atoms with Gasteiger partial charge in [-0.25, -0.2) is 0 Å². The number of carbonyl (C=O) groups is 2. The lowest BCUT2D eigenvalue weighted by Crippen LogP contribution is -2.40. The number of nitrogens with zero attached hydrogens (tertiary/aromatic N) is 1. The van der Waals surface area contributed by atoms with Crippen LogP contribution in [0.3, 0.4) is 0 Å². The second kappa shape index (κ2) is 4.90. The van der Waals surface area contributed by atoms with Crippen LogP contribution in [0.15, 0.2) is 16.7 Å². The fraction of sp³-hybridized carbons (Fsp3) is 0.625. The smallest absolute Gasteiger partial charge is 0.307 e. The second-order valence-corrected chi connectivity index (χ2v) is 6.61. The van der Waals surface area contributed by atoms with Crippen molar-refractivity contribution in [3.8, 4) is 0 Å². The lowest BCUT2D eigenvalue weighted by molar-refractivity contribution is -0.139. The van der Waals surface area contributed by atoms with Gasteiger partial charge in [0.05, 0.1) is 12.2 Å². The molecular formula is C16H21NO4. The molecule has 2 fully saturated rings. The van der Waals surface area contributed by atoms with Crippen LogP contribution < -0.4 is 0 Å². The molecule has 1 aliphatic carbocycles. The van der Waals surface area contributed by atoms with Gasteiger partial charge in [0.25, 0.3) is 5.91 Å². The van der Waals surface area contributed by atoms with Crippen molar-refractivity contribution >= 4 is 11.9 Å². The first kappa shape index (κ1) is 14.2. The average molecular weight is 291 g/mol. The summed E-state index contributed by atoms with van der Waals surface area (Å²) in [6.07, 6.45) is 3.90. The van der Waals surface area contributed by atoms with Gasteiger partial charge in [0, 0.05) is 18.7 Å². The maximum Gasteiger partial charge on any atom is 0.307 e. The summed E-state index contributed by atoms with van der Waals surface area (Å²) in [6, 6.07) is 1.85. The zero-order chi connectivity index (χ0) is 15.2. The van der Waals surface area contributed by atoms with E-state index >= 15 is 0 Å². The number of rotatable bonds is 3. The van der Waals surface area contributed by atoms with E-state index in [2.05, 4.69) is 0 Å². The van der Waals surface area contributed by atoms with E-state index in [4.69, 9.17) is 9.52 Å². The summed E-state index contributed by atoms with van der Waals surface area (Å²) in [5, 5.41) is 9.10. The Bertz CT molecular complexity index is 567. The molecule has 5 heteroatoms. The molecule has 1 spiro atoms. The van der Waals surface area contributed by atoms with Crippen LogP contribution in [0.1, 0.15) is 55.1 Å². The topological polar surface area (TPSA) is 70.8 Å². The summed E-state index contributed by atoms with van der Waals surface area (Å²) >= 11 is 0. The van der Waals surface area contributed by atoms with Gasteiger partial charge in [0.2, 0.25) is 0 Å². The summed E-state index contributed by atoms with van der Waals surface area (Å²) in [5.74, 6) is -0.274. The third-order valence-electron chi connectivity index (χ3n) is 5.05. The number of furan rings is 1. The van der Waals surface area contributed by atoms with Gasteiger partial charge in [-0.2, -0.15) is 0 Å². The minimum atomic E-state index is -0.692. The second-order valence-electron chi connectivity index (χ2n) is 6.61. The number of carboxylic acid groups (broad SMARTS) is 1. The third kappa shape index (κ3) is 2.34. The first-order valence-corrected chi connectivity index (χ1v) is 7.54. The number of carbonyl (C=O) groups excluding carboxylic acids is 1. The molecule has 0 bridgehead atoms. The van der Waals surface area contributed by atoms with Crippen molar-refractivity contribution in [2.45, 2.75) is 39.0 Å². The molecule has 21 heavy (non-hydrogen) atoms. The molecule has 1 aromatic heterocycles. The van der Waals surface area contributed by atoms with Gasteiger partial charge in [-0.05, 0) is 36.7 Å². The van der Waals surface area contributed by atoms with E-state index < -0.39 is 5.97 Å². The lowest BCUT2D eigenvalue weighted by atomic mass is 9.90. The van der Waals surface area contributed by atoms with Gasteiger partial charge in [0.1, 0.15) is 0 Å². The maximum atomic E-state index is 12.5. The van der Waals surface area contributed by atoms with E-state index in [0.29, 0.717) is 18.8 Å². The molecule has 1 aliphatic heterocycles. The Morgan fingerprint density at radius 3 is 2.57 bits per heavy atom. The van der Waals surface area contributed by atoms with Crippen LogP contribution in [-0.2, 0) is 4.79 Å². The van der Waals surface area contributed by atoms with Gasteiger partial charge < -0.3 is 14.4 Å². The van der Waals surface area contributed by atoms with Crippen LogP contribution in [0.2, 0.25) is 0 Å². The van der Waals surface area contributed by atoms with E-state index in [9.17, 15) is 9.59 Å². The largest absolute Gasteiger partial charge is 0.481 e. The molecule has 1 unspecified atom stereocenters. The Morgan fingerprint density at radius 2 is 2.05 bits per heavy atom. The lowest BCUT2D eigenvalue weighted by Gasteiger charge is -2.32. The molecule has 1 saturated carbocycles. The molecule has 114 valence electrons. The standard InChI is InChI=1S/C16H21NO4/c1-10(2)11-3-8-21-13(11)14(18)17-6-4-16(5-7-17)9-12(16)15(19)20/h3,8,10,12H,4-7,9H2,1-2H3,(H,19,20). The van der Waals surface area contributed by atoms with Gasteiger partial charge in [0.15, 0.2) is 5.76 Å². The quantitative estimate of drug-likeness (QED) is 0.929. The van der Waals surface area contributed by atoms with E-state index in [0.717, 1.165) is 24.8 Å². The normalized spacial score (nSPS) is 23.6. The van der Waals surface area contributed by atoms with Crippen molar-refractivity contribution in [3.63, 3.8) is 0 Å². The molecule has 1 N–H and O–H groups in total.